The van der Waals surface area contributed by atoms with E-state index >= 15 is 0 Å². The third-order valence-corrected chi connectivity index (χ3v) is 3.73. The van der Waals surface area contributed by atoms with E-state index in [9.17, 15) is 10.1 Å². The van der Waals surface area contributed by atoms with Crippen LogP contribution >= 0.6 is 15.9 Å². The topological polar surface area (TPSA) is 65.3 Å². The Morgan fingerprint density at radius 2 is 2.05 bits per heavy atom. The van der Waals surface area contributed by atoms with Gasteiger partial charge in [-0.1, -0.05) is 28.1 Å². The van der Waals surface area contributed by atoms with E-state index in [1.54, 1.807) is 13.0 Å². The van der Waals surface area contributed by atoms with Crippen molar-refractivity contribution in [2.24, 2.45) is 0 Å². The lowest BCUT2D eigenvalue weighted by atomic mass is 10.1. The number of nitro groups is 1. The van der Waals surface area contributed by atoms with Crippen molar-refractivity contribution in [2.75, 3.05) is 0 Å². The molecule has 110 valence electrons. The number of aryl methyl sites for hydroxylation is 1. The number of aromatic nitrogens is 1. The Morgan fingerprint density at radius 3 is 2.71 bits per heavy atom. The first-order valence-corrected chi connectivity index (χ1v) is 7.53. The van der Waals surface area contributed by atoms with Crippen LogP contribution in [0.5, 0.6) is 5.75 Å². The lowest BCUT2D eigenvalue weighted by Gasteiger charge is -2.11. The maximum Gasteiger partial charge on any atom is 0.272 e. The summed E-state index contributed by atoms with van der Waals surface area (Å²) in [6.45, 7) is 3.93. The number of pyridine rings is 1. The molecule has 0 saturated heterocycles. The van der Waals surface area contributed by atoms with E-state index in [0.29, 0.717) is 16.6 Å². The molecule has 2 aromatic rings. The highest BCUT2D eigenvalue weighted by atomic mass is 79.9. The van der Waals surface area contributed by atoms with E-state index in [1.165, 1.54) is 6.07 Å². The van der Waals surface area contributed by atoms with Crippen LogP contribution in [0.15, 0.2) is 30.3 Å². The van der Waals surface area contributed by atoms with E-state index in [-0.39, 0.29) is 17.2 Å². The summed E-state index contributed by atoms with van der Waals surface area (Å²) in [4.78, 5) is 14.9. The fourth-order valence-corrected chi connectivity index (χ4v) is 2.41. The van der Waals surface area contributed by atoms with Gasteiger partial charge in [-0.05, 0) is 31.5 Å². The van der Waals surface area contributed by atoms with Gasteiger partial charge in [0.2, 0.25) is 0 Å². The molecular weight excluding hydrogens is 336 g/mol. The molecule has 1 heterocycles. The Kier molecular flexibility index (Phi) is 4.90. The summed E-state index contributed by atoms with van der Waals surface area (Å²) in [7, 11) is 0. The highest BCUT2D eigenvalue weighted by Gasteiger charge is 2.14. The molecule has 1 aromatic carbocycles. The van der Waals surface area contributed by atoms with Crippen LogP contribution in [0, 0.1) is 24.0 Å². The fourth-order valence-electron chi connectivity index (χ4n) is 2.00. The van der Waals surface area contributed by atoms with Gasteiger partial charge in [-0.15, -0.1) is 0 Å². The quantitative estimate of drug-likeness (QED) is 0.463. The third kappa shape index (κ3) is 3.58. The number of alkyl halides is 1. The largest absolute Gasteiger partial charge is 0.487 e. The van der Waals surface area contributed by atoms with Gasteiger partial charge in [0.25, 0.3) is 5.69 Å². The summed E-state index contributed by atoms with van der Waals surface area (Å²) in [5, 5.41) is 11.5. The van der Waals surface area contributed by atoms with Gasteiger partial charge >= 0.3 is 0 Å². The van der Waals surface area contributed by atoms with Crippen molar-refractivity contribution < 1.29 is 9.66 Å². The first-order valence-electron chi connectivity index (χ1n) is 6.41. The second-order valence-electron chi connectivity index (χ2n) is 4.64. The van der Waals surface area contributed by atoms with Crippen LogP contribution in [0.3, 0.4) is 0 Å². The molecule has 0 spiro atoms. The number of benzene rings is 1. The van der Waals surface area contributed by atoms with Crippen molar-refractivity contribution in [3.63, 3.8) is 0 Å². The molecule has 1 aromatic heterocycles. The Labute approximate surface area is 131 Å². The average Bonchev–Trinajstić information content (AvgIpc) is 2.46. The minimum absolute atomic E-state index is 0.110. The number of nitrogens with zero attached hydrogens (tertiary/aromatic N) is 2. The summed E-state index contributed by atoms with van der Waals surface area (Å²) in [6, 6.07) is 8.74. The maximum absolute atomic E-state index is 10.9. The molecular formula is C15H15BrN2O3. The number of nitro benzene ring substituents is 1. The fraction of sp³-hybridized carbons (Fsp3) is 0.267. The van der Waals surface area contributed by atoms with Crippen LogP contribution in [0.25, 0.3) is 0 Å². The van der Waals surface area contributed by atoms with Gasteiger partial charge in [0.15, 0.2) is 0 Å². The smallest absolute Gasteiger partial charge is 0.272 e. The van der Waals surface area contributed by atoms with Crippen LogP contribution in [0.1, 0.15) is 22.5 Å². The van der Waals surface area contributed by atoms with E-state index in [1.807, 2.05) is 25.1 Å². The van der Waals surface area contributed by atoms with Gasteiger partial charge in [-0.3, -0.25) is 15.1 Å². The van der Waals surface area contributed by atoms with Gasteiger partial charge in [0, 0.05) is 22.7 Å². The number of ether oxygens (including phenoxy) is 1. The Bertz CT molecular complexity index is 674. The molecule has 0 aliphatic heterocycles. The molecule has 0 unspecified atom stereocenters. The van der Waals surface area contributed by atoms with Crippen LogP contribution < -0.4 is 4.74 Å². The average molecular weight is 351 g/mol. The van der Waals surface area contributed by atoms with Gasteiger partial charge in [-0.2, -0.15) is 0 Å². The highest BCUT2D eigenvalue weighted by molar-refractivity contribution is 9.08. The van der Waals surface area contributed by atoms with Gasteiger partial charge in [0.1, 0.15) is 12.4 Å². The Hall–Kier alpha value is -1.95. The first kappa shape index (κ1) is 15.4. The SMILES string of the molecule is Cc1ccc(OCc2cccc([N+](=O)[O-])c2C)c(CBr)n1. The lowest BCUT2D eigenvalue weighted by molar-refractivity contribution is -0.385. The van der Waals surface area contributed by atoms with Crippen molar-refractivity contribution in [1.29, 1.82) is 0 Å². The Morgan fingerprint density at radius 1 is 1.29 bits per heavy atom. The van der Waals surface area contributed by atoms with E-state index in [2.05, 4.69) is 20.9 Å². The summed E-state index contributed by atoms with van der Waals surface area (Å²) in [5.41, 5.74) is 3.27. The van der Waals surface area contributed by atoms with Crippen LogP contribution in [-0.2, 0) is 11.9 Å². The molecule has 0 aliphatic carbocycles. The molecule has 0 N–H and O–H groups in total. The summed E-state index contributed by atoms with van der Waals surface area (Å²) in [5.74, 6) is 0.684. The second kappa shape index (κ2) is 6.67. The predicted molar refractivity (Wildman–Crippen MR) is 83.8 cm³/mol. The molecule has 0 bridgehead atoms. The van der Waals surface area contributed by atoms with Crippen molar-refractivity contribution in [3.05, 3.63) is 63.0 Å². The molecule has 0 amide bonds. The monoisotopic (exact) mass is 350 g/mol. The van der Waals surface area contributed by atoms with Crippen molar-refractivity contribution in [2.45, 2.75) is 25.8 Å². The van der Waals surface area contributed by atoms with Crippen molar-refractivity contribution >= 4 is 21.6 Å². The van der Waals surface area contributed by atoms with Gasteiger partial charge in [0.05, 0.1) is 10.6 Å². The van der Waals surface area contributed by atoms with Crippen molar-refractivity contribution in [3.8, 4) is 5.75 Å². The van der Waals surface area contributed by atoms with E-state index in [4.69, 9.17) is 4.74 Å². The maximum atomic E-state index is 10.9. The second-order valence-corrected chi connectivity index (χ2v) is 5.20. The molecule has 0 fully saturated rings. The van der Waals surface area contributed by atoms with Crippen molar-refractivity contribution in [1.82, 2.24) is 4.98 Å². The molecule has 0 radical (unpaired) electrons. The number of hydrogen-bond acceptors (Lipinski definition) is 4. The molecule has 21 heavy (non-hydrogen) atoms. The molecule has 0 aliphatic rings. The van der Waals surface area contributed by atoms with Crippen LogP contribution in [-0.4, -0.2) is 9.91 Å². The molecule has 2 rings (SSSR count). The molecule has 5 nitrogen and oxygen atoms in total. The number of halogens is 1. The minimum Gasteiger partial charge on any atom is -0.487 e. The Balaban J connectivity index is 2.21. The number of hydrogen-bond donors (Lipinski definition) is 0. The zero-order valence-electron chi connectivity index (χ0n) is 11.8. The van der Waals surface area contributed by atoms with E-state index < -0.39 is 0 Å². The summed E-state index contributed by atoms with van der Waals surface area (Å²) < 4.78 is 5.77. The van der Waals surface area contributed by atoms with E-state index in [0.717, 1.165) is 17.0 Å². The molecule has 0 saturated carbocycles. The molecule has 6 heteroatoms. The summed E-state index contributed by atoms with van der Waals surface area (Å²) in [6.07, 6.45) is 0. The normalized spacial score (nSPS) is 10.4. The highest BCUT2D eigenvalue weighted by Crippen LogP contribution is 2.24. The standard InChI is InChI=1S/C15H15BrN2O3/c1-10-6-7-15(13(8-16)17-10)21-9-12-4-3-5-14(11(12)2)18(19)20/h3-7H,8-9H2,1-2H3. The minimum atomic E-state index is -0.379. The zero-order valence-corrected chi connectivity index (χ0v) is 13.4. The first-order chi connectivity index (χ1) is 10.0. The molecule has 0 atom stereocenters. The lowest BCUT2D eigenvalue weighted by Crippen LogP contribution is -2.03. The zero-order chi connectivity index (χ0) is 15.4. The van der Waals surface area contributed by atoms with Crippen LogP contribution in [0.4, 0.5) is 5.69 Å². The number of rotatable bonds is 5. The predicted octanol–water partition coefficient (Wildman–Crippen LogP) is 4.08. The van der Waals surface area contributed by atoms with Gasteiger partial charge < -0.3 is 4.74 Å². The third-order valence-electron chi connectivity index (χ3n) is 3.20. The van der Waals surface area contributed by atoms with Crippen LogP contribution in [0.2, 0.25) is 0 Å². The van der Waals surface area contributed by atoms with Gasteiger partial charge in [-0.25, -0.2) is 0 Å². The summed E-state index contributed by atoms with van der Waals surface area (Å²) >= 11 is 3.38.